The molecule has 1 rings (SSSR count). The summed E-state index contributed by atoms with van der Waals surface area (Å²) < 4.78 is 10.6. The highest BCUT2D eigenvalue weighted by molar-refractivity contribution is 5.12. The highest BCUT2D eigenvalue weighted by atomic mass is 16.5. The Balaban J connectivity index is 2.27. The van der Waals surface area contributed by atoms with Crippen LogP contribution in [0.15, 0.2) is 12.4 Å². The first-order valence-electron chi connectivity index (χ1n) is 5.65. The molecule has 1 aromatic heterocycles. The van der Waals surface area contributed by atoms with Crippen LogP contribution in [0.5, 0.6) is 11.8 Å². The zero-order chi connectivity index (χ0) is 11.6. The van der Waals surface area contributed by atoms with Gasteiger partial charge >= 0.3 is 0 Å². The second-order valence-electron chi connectivity index (χ2n) is 3.23. The van der Waals surface area contributed by atoms with E-state index >= 15 is 0 Å². The quantitative estimate of drug-likeness (QED) is 0.675. The summed E-state index contributed by atoms with van der Waals surface area (Å²) >= 11 is 0. The molecule has 90 valence electrons. The van der Waals surface area contributed by atoms with Gasteiger partial charge in [-0.2, -0.15) is 4.98 Å². The molecule has 16 heavy (non-hydrogen) atoms. The number of nitrogens with zero attached hydrogens (tertiary/aromatic N) is 2. The summed E-state index contributed by atoms with van der Waals surface area (Å²) in [7, 11) is 0. The minimum Gasteiger partial charge on any atom is -0.477 e. The third-order valence-corrected chi connectivity index (χ3v) is 1.84. The first-order valence-corrected chi connectivity index (χ1v) is 5.65. The summed E-state index contributed by atoms with van der Waals surface area (Å²) in [6.45, 7) is 7.03. The summed E-state index contributed by atoms with van der Waals surface area (Å²) in [6, 6.07) is 0. The van der Waals surface area contributed by atoms with E-state index in [1.165, 1.54) is 0 Å². The fraction of sp³-hybridized carbons (Fsp3) is 0.636. The van der Waals surface area contributed by atoms with E-state index in [0.29, 0.717) is 25.0 Å². The lowest BCUT2D eigenvalue weighted by Crippen LogP contribution is -2.21. The lowest BCUT2D eigenvalue weighted by Gasteiger charge is -2.07. The predicted octanol–water partition coefficient (Wildman–Crippen LogP) is 1.25. The van der Waals surface area contributed by atoms with Crippen molar-refractivity contribution < 1.29 is 9.47 Å². The highest BCUT2D eigenvalue weighted by Crippen LogP contribution is 2.10. The fourth-order valence-electron chi connectivity index (χ4n) is 1.15. The average molecular weight is 225 g/mol. The molecule has 1 N–H and O–H groups in total. The van der Waals surface area contributed by atoms with Gasteiger partial charge in [0.2, 0.25) is 11.8 Å². The van der Waals surface area contributed by atoms with Crippen LogP contribution in [0.3, 0.4) is 0 Å². The first kappa shape index (κ1) is 12.7. The van der Waals surface area contributed by atoms with E-state index in [1.54, 1.807) is 12.4 Å². The molecule has 1 aromatic rings. The van der Waals surface area contributed by atoms with E-state index < -0.39 is 0 Å². The van der Waals surface area contributed by atoms with Crippen molar-refractivity contribution in [1.82, 2.24) is 15.3 Å². The van der Waals surface area contributed by atoms with Crippen LogP contribution < -0.4 is 14.8 Å². The molecule has 0 aromatic carbocycles. The number of aromatic nitrogens is 2. The van der Waals surface area contributed by atoms with Crippen molar-refractivity contribution in [2.75, 3.05) is 26.3 Å². The Bertz CT molecular complexity index is 294. The van der Waals surface area contributed by atoms with Crippen LogP contribution in [0.4, 0.5) is 0 Å². The third kappa shape index (κ3) is 4.93. The molecule has 0 aliphatic carbocycles. The molecule has 0 saturated heterocycles. The average Bonchev–Trinajstić information content (AvgIpc) is 2.30. The molecule has 0 atom stereocenters. The van der Waals surface area contributed by atoms with Gasteiger partial charge in [-0.1, -0.05) is 6.92 Å². The highest BCUT2D eigenvalue weighted by Gasteiger charge is 1.99. The van der Waals surface area contributed by atoms with Gasteiger partial charge in [0.25, 0.3) is 0 Å². The van der Waals surface area contributed by atoms with Gasteiger partial charge in [-0.25, -0.2) is 0 Å². The fourth-order valence-corrected chi connectivity index (χ4v) is 1.15. The van der Waals surface area contributed by atoms with Crippen LogP contribution in [-0.4, -0.2) is 36.3 Å². The van der Waals surface area contributed by atoms with E-state index in [4.69, 9.17) is 9.47 Å². The Morgan fingerprint density at radius 2 is 1.88 bits per heavy atom. The molecule has 0 spiro atoms. The van der Waals surface area contributed by atoms with Gasteiger partial charge in [-0.15, -0.1) is 0 Å². The summed E-state index contributed by atoms with van der Waals surface area (Å²) in [5.41, 5.74) is 0. The minimum absolute atomic E-state index is 0.501. The first-order chi connectivity index (χ1) is 7.86. The van der Waals surface area contributed by atoms with Crippen LogP contribution >= 0.6 is 0 Å². The van der Waals surface area contributed by atoms with Crippen molar-refractivity contribution in [2.45, 2.75) is 20.3 Å². The van der Waals surface area contributed by atoms with Crippen molar-refractivity contribution in [3.8, 4) is 11.8 Å². The molecule has 0 bridgehead atoms. The third-order valence-electron chi connectivity index (χ3n) is 1.84. The van der Waals surface area contributed by atoms with E-state index in [9.17, 15) is 0 Å². The Kier molecular flexibility index (Phi) is 6.25. The van der Waals surface area contributed by atoms with Gasteiger partial charge in [-0.3, -0.25) is 4.98 Å². The van der Waals surface area contributed by atoms with Crippen LogP contribution in [0, 0.1) is 0 Å². The largest absolute Gasteiger partial charge is 0.477 e. The van der Waals surface area contributed by atoms with Gasteiger partial charge in [0.15, 0.2) is 0 Å². The normalized spacial score (nSPS) is 10.1. The van der Waals surface area contributed by atoms with Gasteiger partial charge in [0.05, 0.1) is 19.0 Å². The Labute approximate surface area is 96.2 Å². The van der Waals surface area contributed by atoms with Crippen molar-refractivity contribution in [3.63, 3.8) is 0 Å². The lowest BCUT2D eigenvalue weighted by atomic mass is 10.5. The van der Waals surface area contributed by atoms with Gasteiger partial charge in [0.1, 0.15) is 6.61 Å². The van der Waals surface area contributed by atoms with Gasteiger partial charge < -0.3 is 14.8 Å². The molecule has 0 saturated carbocycles. The van der Waals surface area contributed by atoms with Crippen LogP contribution in [0.1, 0.15) is 20.3 Å². The second kappa shape index (κ2) is 7.87. The maximum Gasteiger partial charge on any atom is 0.235 e. The van der Waals surface area contributed by atoms with Crippen molar-refractivity contribution in [2.24, 2.45) is 0 Å². The summed E-state index contributed by atoms with van der Waals surface area (Å²) in [4.78, 5) is 8.13. The van der Waals surface area contributed by atoms with Gasteiger partial charge in [-0.05, 0) is 19.9 Å². The Morgan fingerprint density at radius 3 is 2.56 bits per heavy atom. The Morgan fingerprint density at radius 1 is 1.12 bits per heavy atom. The number of nitrogens with one attached hydrogen (secondary N) is 1. The zero-order valence-electron chi connectivity index (χ0n) is 9.90. The Hall–Kier alpha value is -1.36. The summed E-state index contributed by atoms with van der Waals surface area (Å²) in [6.07, 6.45) is 4.29. The number of ether oxygens (including phenoxy) is 2. The summed E-state index contributed by atoms with van der Waals surface area (Å²) in [5.74, 6) is 1.01. The molecule has 0 aliphatic rings. The lowest BCUT2D eigenvalue weighted by molar-refractivity contribution is 0.283. The molecule has 1 heterocycles. The predicted molar refractivity (Wildman–Crippen MR) is 61.9 cm³/mol. The van der Waals surface area contributed by atoms with E-state index in [1.807, 2.05) is 6.92 Å². The molecule has 0 aliphatic heterocycles. The van der Waals surface area contributed by atoms with E-state index in [-0.39, 0.29) is 0 Å². The molecule has 0 amide bonds. The topological polar surface area (TPSA) is 56.3 Å². The van der Waals surface area contributed by atoms with E-state index in [0.717, 1.165) is 19.5 Å². The molecule has 5 heteroatoms. The smallest absolute Gasteiger partial charge is 0.235 e. The van der Waals surface area contributed by atoms with Crippen molar-refractivity contribution in [3.05, 3.63) is 12.4 Å². The van der Waals surface area contributed by atoms with Crippen LogP contribution in [0.2, 0.25) is 0 Å². The van der Waals surface area contributed by atoms with E-state index in [2.05, 4.69) is 22.2 Å². The maximum absolute atomic E-state index is 5.42. The molecular weight excluding hydrogens is 206 g/mol. The molecule has 5 nitrogen and oxygen atoms in total. The number of rotatable bonds is 8. The monoisotopic (exact) mass is 225 g/mol. The second-order valence-corrected chi connectivity index (χ2v) is 3.23. The standard InChI is InChI=1S/C11H19N3O2/c1-3-5-12-6-7-16-11-9-13-8-10(14-11)15-4-2/h8-9,12H,3-7H2,1-2H3. The van der Waals surface area contributed by atoms with Crippen molar-refractivity contribution >= 4 is 0 Å². The van der Waals surface area contributed by atoms with Crippen LogP contribution in [-0.2, 0) is 0 Å². The zero-order valence-corrected chi connectivity index (χ0v) is 9.90. The maximum atomic E-state index is 5.42. The summed E-state index contributed by atoms with van der Waals surface area (Å²) in [5, 5.41) is 3.24. The minimum atomic E-state index is 0.501. The SMILES string of the molecule is CCCNCCOc1cncc(OCC)n1. The molecule has 0 unspecified atom stereocenters. The van der Waals surface area contributed by atoms with Crippen molar-refractivity contribution in [1.29, 1.82) is 0 Å². The molecule has 0 fully saturated rings. The molecule has 0 radical (unpaired) electrons. The van der Waals surface area contributed by atoms with Crippen LogP contribution in [0.25, 0.3) is 0 Å². The number of hydrogen-bond donors (Lipinski definition) is 1. The number of hydrogen-bond acceptors (Lipinski definition) is 5. The van der Waals surface area contributed by atoms with Gasteiger partial charge in [0, 0.05) is 6.54 Å². The molecular formula is C11H19N3O2.